The first kappa shape index (κ1) is 68.4. The zero-order chi connectivity index (χ0) is 66.2. The van der Waals surface area contributed by atoms with Crippen LogP contribution in [-0.2, 0) is 62.0 Å². The number of carbonyl (C=O) groups excluding carboxylic acids is 1. The van der Waals surface area contributed by atoms with Gasteiger partial charge in [-0.05, 0) is 82.9 Å². The highest BCUT2D eigenvalue weighted by Gasteiger charge is 2.48. The summed E-state index contributed by atoms with van der Waals surface area (Å²) in [6.07, 6.45) is 10.6. The number of ether oxygens (including phenoxy) is 2. The van der Waals surface area contributed by atoms with Crippen molar-refractivity contribution in [1.82, 2.24) is 19.9 Å². The molecule has 6 atom stereocenters. The van der Waals surface area contributed by atoms with Crippen molar-refractivity contribution in [2.75, 3.05) is 42.6 Å². The fraction of sp³-hybridized carbons (Fsp3) is 0.345. The summed E-state index contributed by atoms with van der Waals surface area (Å²) in [4.78, 5) is 72.3. The standard InChI is InChI=1S/C58H66N7O21P3S2/c1-6-65-45-31-48-42(30-41(45)36(2)33-57(65,3)4)38(28-47(83-48)37-16-9-7-10-17-37)18-11-8-12-20-50-58(5,43-29-40(91(79,80)81)22-23-44(43)63(50)26-15-27-90(76,77)78)24-13-21-51(67)60-25-14-19-39-34-64(54-53(39)55(68)62-56(59)61-54)52-32-46(66)49(84-52)35-82-88(72,73)86-89(74,75)85-87(69,70)71/h7-12,16-18,20,22-23,28-31,33-34,46,49,52,66H,6,13,15,21,24-27,32,35H2,1-5H3,(H9-,59,60,61,62,67,68,69,70,71,72,73,74,75,76,77,78,79,80,81)/t46-,49+,52+,58?/m0/s1. The first-order valence-corrected chi connectivity index (χ1v) is 35.7. The van der Waals surface area contributed by atoms with E-state index in [9.17, 15) is 64.1 Å². The summed E-state index contributed by atoms with van der Waals surface area (Å²) in [5.74, 6) is 5.45. The molecule has 9 rings (SSSR count). The first-order chi connectivity index (χ1) is 42.5. The number of nitrogens with zero attached hydrogens (tertiary/aromatic N) is 4. The molecule has 486 valence electrons. The number of fused-ring (bicyclic) bond motifs is 4. The maximum absolute atomic E-state index is 13.5. The summed E-state index contributed by atoms with van der Waals surface area (Å²) < 4.78 is 134. The second-order valence-electron chi connectivity index (χ2n) is 22.4. The zero-order valence-electron chi connectivity index (χ0n) is 49.5. The summed E-state index contributed by atoms with van der Waals surface area (Å²) in [7, 11) is -26.5. The van der Waals surface area contributed by atoms with Gasteiger partial charge >= 0.3 is 23.5 Å². The Morgan fingerprint density at radius 2 is 1.74 bits per heavy atom. The topological polar surface area (TPSA) is 422 Å². The zero-order valence-corrected chi connectivity index (χ0v) is 53.8. The molecule has 33 heteroatoms. The van der Waals surface area contributed by atoms with E-state index in [-0.39, 0.29) is 73.3 Å². The number of nitrogens with two attached hydrogens (primary N) is 1. The molecular weight excluding hydrogens is 1290 g/mol. The molecule has 2 aromatic heterocycles. The number of allylic oxidation sites excluding steroid dienone is 8. The predicted molar refractivity (Wildman–Crippen MR) is 334 cm³/mol. The van der Waals surface area contributed by atoms with Crippen molar-refractivity contribution in [3.05, 3.63) is 148 Å². The smallest absolute Gasteiger partial charge is 0.490 e. The van der Waals surface area contributed by atoms with Crippen LogP contribution in [0.2, 0.25) is 0 Å². The van der Waals surface area contributed by atoms with Gasteiger partial charge in [0.05, 0.1) is 56.2 Å². The fourth-order valence-corrected chi connectivity index (χ4v) is 15.7. The second kappa shape index (κ2) is 26.6. The molecule has 0 bridgehead atoms. The number of aromatic nitrogens is 3. The molecule has 4 aliphatic heterocycles. The van der Waals surface area contributed by atoms with Crippen molar-refractivity contribution in [3.8, 4) is 17.6 Å². The molecule has 0 saturated carbocycles. The van der Waals surface area contributed by atoms with Gasteiger partial charge in [-0.25, -0.2) is 22.1 Å². The first-order valence-electron chi connectivity index (χ1n) is 28.2. The van der Waals surface area contributed by atoms with Crippen LogP contribution < -0.4 is 26.2 Å². The third kappa shape index (κ3) is 16.1. The number of carbonyl (C=O) groups is 1. The molecule has 1 fully saturated rings. The maximum Gasteiger partial charge on any atom is 0.490 e. The van der Waals surface area contributed by atoms with E-state index in [2.05, 4.69) is 91.1 Å². The summed E-state index contributed by atoms with van der Waals surface area (Å²) in [6.45, 7) is 9.95. The van der Waals surface area contributed by atoms with Crippen LogP contribution in [0.15, 0.2) is 119 Å². The van der Waals surface area contributed by atoms with Crippen LogP contribution in [0.5, 0.6) is 5.75 Å². The Morgan fingerprint density at radius 3 is 2.43 bits per heavy atom. The molecule has 1 saturated heterocycles. The van der Waals surface area contributed by atoms with Gasteiger partial charge in [0.1, 0.15) is 30.4 Å². The van der Waals surface area contributed by atoms with E-state index < -0.39 is 96.3 Å². The van der Waals surface area contributed by atoms with E-state index >= 15 is 0 Å². The Labute approximate surface area is 523 Å². The highest BCUT2D eigenvalue weighted by Crippen LogP contribution is 2.66. The number of aliphatic hydroxyl groups is 1. The Balaban J connectivity index is 0.938. The molecule has 5 aromatic rings. The Hall–Kier alpha value is -6.97. The number of anilines is 2. The molecule has 1 amide bonds. The predicted octanol–water partition coefficient (Wildman–Crippen LogP) is 6.83. The molecule has 4 aliphatic rings. The molecule has 91 heavy (non-hydrogen) atoms. The van der Waals surface area contributed by atoms with Crippen molar-refractivity contribution < 1.29 is 96.3 Å². The molecule has 28 nitrogen and oxygen atoms in total. The van der Waals surface area contributed by atoms with Gasteiger partial charge in [0.15, 0.2) is 11.4 Å². The number of likely N-dealkylation sites (N-methyl/N-ethyl adjacent to an activating group) is 1. The van der Waals surface area contributed by atoms with Crippen molar-refractivity contribution in [2.24, 2.45) is 0 Å². The lowest BCUT2D eigenvalue weighted by atomic mass is 9.75. The van der Waals surface area contributed by atoms with Gasteiger partial charge < -0.3 is 59.2 Å². The van der Waals surface area contributed by atoms with Crippen LogP contribution in [-0.4, -0.2) is 131 Å². The normalized spacial score (nSPS) is 21.6. The van der Waals surface area contributed by atoms with Gasteiger partial charge in [0, 0.05) is 83.9 Å². The van der Waals surface area contributed by atoms with Crippen LogP contribution >= 0.6 is 23.5 Å². The van der Waals surface area contributed by atoms with Gasteiger partial charge in [-0.3, -0.25) is 23.6 Å². The molecule has 6 heterocycles. The molecule has 0 radical (unpaired) electrons. The van der Waals surface area contributed by atoms with E-state index in [1.807, 2.05) is 55.5 Å². The van der Waals surface area contributed by atoms with Crippen LogP contribution in [0.25, 0.3) is 27.9 Å². The van der Waals surface area contributed by atoms with E-state index in [4.69, 9.17) is 25.0 Å². The van der Waals surface area contributed by atoms with Crippen molar-refractivity contribution >= 4 is 101 Å². The van der Waals surface area contributed by atoms with Crippen LogP contribution in [0.3, 0.4) is 0 Å². The summed E-state index contributed by atoms with van der Waals surface area (Å²) in [5.41, 5.74) is 11.2. The minimum atomic E-state index is -5.84. The third-order valence-corrected chi connectivity index (χ3v) is 21.0. The van der Waals surface area contributed by atoms with Crippen LogP contribution in [0.1, 0.15) is 101 Å². The quantitative estimate of drug-likeness (QED) is 0.0106. The van der Waals surface area contributed by atoms with Gasteiger partial charge in [-0.1, -0.05) is 72.6 Å². The number of hydrogen-bond donors (Lipinski definition) is 9. The minimum Gasteiger partial charge on any atom is -0.748 e. The van der Waals surface area contributed by atoms with Crippen LogP contribution in [0.4, 0.5) is 17.3 Å². The molecule has 10 N–H and O–H groups in total. The summed E-state index contributed by atoms with van der Waals surface area (Å²) >= 11 is 0. The lowest BCUT2D eigenvalue weighted by Crippen LogP contribution is -2.44. The SMILES string of the molecule is CCN1c2cc3c(cc2C(C)=CC1(C)C)C(=CC=CC=CC1=[N+](CCCS(=O)(=O)[O-])c2ccc(S(=O)(=O)O)cc2C1(C)CCCC(=O)NCC#Cc1cn([C@H]2C[C@H](O)[C@@H](COP(=O)(O)OP(=O)(O)OP(=O)(O)O)O2)c2nc(N)[nH]c(=O)c12)C=C(c1ccccc1)O3. The lowest BCUT2D eigenvalue weighted by molar-refractivity contribution is -0.437. The van der Waals surface area contributed by atoms with E-state index in [1.165, 1.54) is 29.0 Å². The molecule has 3 unspecified atom stereocenters. The van der Waals surface area contributed by atoms with Crippen LogP contribution in [0, 0.1) is 11.8 Å². The van der Waals surface area contributed by atoms with E-state index in [0.717, 1.165) is 40.1 Å². The number of aliphatic hydroxyl groups excluding tert-OH is 1. The number of rotatable bonds is 23. The average molecular weight is 1350 g/mol. The average Bonchev–Trinajstić information content (AvgIpc) is 1.73. The van der Waals surface area contributed by atoms with Crippen molar-refractivity contribution in [3.63, 3.8) is 0 Å². The van der Waals surface area contributed by atoms with Gasteiger partial charge in [0.25, 0.3) is 15.7 Å². The number of amides is 1. The van der Waals surface area contributed by atoms with E-state index in [0.29, 0.717) is 28.5 Å². The lowest BCUT2D eigenvalue weighted by Gasteiger charge is -2.43. The number of nitrogens with one attached hydrogen (secondary N) is 2. The number of hydrogen-bond acceptors (Lipinski definition) is 19. The second-order valence-corrected chi connectivity index (χ2v) is 29.8. The van der Waals surface area contributed by atoms with Crippen molar-refractivity contribution in [1.29, 1.82) is 0 Å². The maximum atomic E-state index is 13.5. The number of phosphoric acid groups is 3. The molecule has 3 aromatic carbocycles. The number of H-pyrrole nitrogens is 1. The Morgan fingerprint density at radius 1 is 1.00 bits per heavy atom. The third-order valence-electron chi connectivity index (χ3n) is 15.5. The number of aromatic amines is 1. The molecule has 0 aliphatic carbocycles. The fourth-order valence-electron chi connectivity index (χ4n) is 11.7. The van der Waals surface area contributed by atoms with Gasteiger partial charge in [-0.2, -0.15) is 26.6 Å². The largest absolute Gasteiger partial charge is 0.748 e. The summed E-state index contributed by atoms with van der Waals surface area (Å²) in [5, 5.41) is 13.4. The van der Waals surface area contributed by atoms with Gasteiger partial charge in [-0.15, -0.1) is 0 Å². The Bertz CT molecular complexity index is 4450. The number of phosphoric ester groups is 1. The summed E-state index contributed by atoms with van der Waals surface area (Å²) in [6, 6.07) is 18.0. The number of benzene rings is 3. The molecule has 0 spiro atoms. The van der Waals surface area contributed by atoms with E-state index in [1.54, 1.807) is 22.8 Å². The minimum absolute atomic E-state index is 0.0159. The highest BCUT2D eigenvalue weighted by atomic mass is 32.2. The van der Waals surface area contributed by atoms with Gasteiger partial charge in [0.2, 0.25) is 17.5 Å². The monoisotopic (exact) mass is 1350 g/mol. The highest BCUT2D eigenvalue weighted by molar-refractivity contribution is 7.86. The van der Waals surface area contributed by atoms with Crippen molar-refractivity contribution in [2.45, 2.75) is 101 Å². The molecular formula is C58H66N7O21P3S2. The number of nitrogen functional groups attached to an aromatic ring is 1. The Kier molecular flexibility index (Phi) is 20.0.